The van der Waals surface area contributed by atoms with Gasteiger partial charge in [-0.3, -0.25) is 4.40 Å². The lowest BCUT2D eigenvalue weighted by Crippen LogP contribution is -2.47. The molecule has 10 heteroatoms. The van der Waals surface area contributed by atoms with Gasteiger partial charge in [-0.25, -0.2) is 24.1 Å². The van der Waals surface area contributed by atoms with Gasteiger partial charge in [0, 0.05) is 25.3 Å². The highest BCUT2D eigenvalue weighted by atomic mass is 35.5. The Morgan fingerprint density at radius 2 is 2.10 bits per heavy atom. The van der Waals surface area contributed by atoms with Crippen LogP contribution >= 0.6 is 11.6 Å². The third-order valence-electron chi connectivity index (χ3n) is 4.86. The van der Waals surface area contributed by atoms with Gasteiger partial charge in [-0.1, -0.05) is 11.6 Å². The minimum atomic E-state index is -0.546. The second-order valence-electron chi connectivity index (χ2n) is 8.52. The van der Waals surface area contributed by atoms with Crippen LogP contribution in [0.2, 0.25) is 5.02 Å². The summed E-state index contributed by atoms with van der Waals surface area (Å²) in [7, 11) is 0. The second-order valence-corrected chi connectivity index (χ2v) is 8.93. The van der Waals surface area contributed by atoms with Crippen LogP contribution in [0.3, 0.4) is 0 Å². The molecule has 1 fully saturated rings. The number of anilines is 1. The van der Waals surface area contributed by atoms with Crippen molar-refractivity contribution in [1.29, 1.82) is 0 Å². The van der Waals surface area contributed by atoms with Gasteiger partial charge in [0.05, 0.1) is 12.4 Å². The molecule has 1 amide bonds. The SMILES string of the molecule is CC(C)(C)OC(=O)N1CCC[C@@H](Nc2nc(-c3cnc4ccc(F)cn34)ncc2Cl)C1. The zero-order valence-corrected chi connectivity index (χ0v) is 18.4. The number of halogens is 2. The van der Waals surface area contributed by atoms with E-state index in [1.807, 2.05) is 20.8 Å². The Morgan fingerprint density at radius 3 is 2.87 bits per heavy atom. The summed E-state index contributed by atoms with van der Waals surface area (Å²) in [6.07, 6.45) is 5.78. The van der Waals surface area contributed by atoms with E-state index in [-0.39, 0.29) is 18.0 Å². The Kier molecular flexibility index (Phi) is 5.70. The number of aromatic nitrogens is 4. The summed E-state index contributed by atoms with van der Waals surface area (Å²) in [6.45, 7) is 6.66. The predicted molar refractivity (Wildman–Crippen MR) is 116 cm³/mol. The number of imidazole rings is 1. The zero-order chi connectivity index (χ0) is 22.2. The second kappa shape index (κ2) is 8.30. The standard InChI is InChI=1S/C21H24ClFN6O2/c1-21(2,3)31-20(30)28-8-4-5-14(12-28)26-18-15(22)9-25-19(27-18)16-10-24-17-7-6-13(23)11-29(16)17/h6-7,9-11,14H,4-5,8,12H2,1-3H3,(H,25,26,27)/t14-/m1/s1. The molecular weight excluding hydrogens is 423 g/mol. The number of carbonyl (C=O) groups is 1. The van der Waals surface area contributed by atoms with Crippen LogP contribution in [-0.4, -0.2) is 55.1 Å². The smallest absolute Gasteiger partial charge is 0.410 e. The van der Waals surface area contributed by atoms with E-state index in [1.165, 1.54) is 18.5 Å². The summed E-state index contributed by atoms with van der Waals surface area (Å²) in [5, 5.41) is 3.68. The quantitative estimate of drug-likeness (QED) is 0.642. The van der Waals surface area contributed by atoms with Crippen molar-refractivity contribution < 1.29 is 13.9 Å². The average Bonchev–Trinajstić information content (AvgIpc) is 3.11. The highest BCUT2D eigenvalue weighted by molar-refractivity contribution is 6.32. The Balaban J connectivity index is 1.54. The molecule has 164 valence electrons. The van der Waals surface area contributed by atoms with Crippen molar-refractivity contribution in [1.82, 2.24) is 24.3 Å². The number of nitrogens with one attached hydrogen (secondary N) is 1. The fourth-order valence-electron chi connectivity index (χ4n) is 3.49. The highest BCUT2D eigenvalue weighted by Crippen LogP contribution is 2.26. The number of nitrogens with zero attached hydrogens (tertiary/aromatic N) is 5. The fraction of sp³-hybridized carbons (Fsp3) is 0.429. The molecule has 4 heterocycles. The fourth-order valence-corrected chi connectivity index (χ4v) is 3.64. The first-order chi connectivity index (χ1) is 14.7. The predicted octanol–water partition coefficient (Wildman–Crippen LogP) is 4.40. The van der Waals surface area contributed by atoms with Crippen LogP contribution in [-0.2, 0) is 4.74 Å². The van der Waals surface area contributed by atoms with Gasteiger partial charge in [-0.15, -0.1) is 0 Å². The largest absolute Gasteiger partial charge is 0.444 e. The lowest BCUT2D eigenvalue weighted by atomic mass is 10.1. The van der Waals surface area contributed by atoms with Crippen LogP contribution in [0.15, 0.2) is 30.7 Å². The van der Waals surface area contributed by atoms with Crippen molar-refractivity contribution in [2.45, 2.75) is 45.3 Å². The van der Waals surface area contributed by atoms with E-state index in [9.17, 15) is 9.18 Å². The van der Waals surface area contributed by atoms with E-state index in [2.05, 4.69) is 20.3 Å². The molecule has 1 N–H and O–H groups in total. The van der Waals surface area contributed by atoms with E-state index in [1.54, 1.807) is 21.6 Å². The Morgan fingerprint density at radius 1 is 1.29 bits per heavy atom. The number of ether oxygens (including phenoxy) is 1. The number of pyridine rings is 1. The van der Waals surface area contributed by atoms with E-state index in [4.69, 9.17) is 16.3 Å². The van der Waals surface area contributed by atoms with Gasteiger partial charge in [-0.05, 0) is 45.7 Å². The van der Waals surface area contributed by atoms with Crippen molar-refractivity contribution in [2.75, 3.05) is 18.4 Å². The first kappa shape index (κ1) is 21.3. The summed E-state index contributed by atoms with van der Waals surface area (Å²) in [5.41, 5.74) is 0.591. The van der Waals surface area contributed by atoms with Crippen molar-refractivity contribution in [3.63, 3.8) is 0 Å². The molecule has 0 bridgehead atoms. The summed E-state index contributed by atoms with van der Waals surface area (Å²) in [5.74, 6) is 0.433. The average molecular weight is 447 g/mol. The maximum atomic E-state index is 13.7. The van der Waals surface area contributed by atoms with Gasteiger partial charge in [0.2, 0.25) is 0 Å². The van der Waals surface area contributed by atoms with Crippen molar-refractivity contribution in [3.8, 4) is 11.5 Å². The molecule has 0 saturated carbocycles. The number of hydrogen-bond acceptors (Lipinski definition) is 6. The Hall–Kier alpha value is -2.94. The number of likely N-dealkylation sites (tertiary alicyclic amines) is 1. The molecule has 0 aliphatic carbocycles. The van der Waals surface area contributed by atoms with Crippen molar-refractivity contribution in [3.05, 3.63) is 41.6 Å². The summed E-state index contributed by atoms with van der Waals surface area (Å²) in [6, 6.07) is 2.89. The number of hydrogen-bond donors (Lipinski definition) is 1. The van der Waals surface area contributed by atoms with Crippen LogP contribution in [0.5, 0.6) is 0 Å². The third-order valence-corrected chi connectivity index (χ3v) is 5.13. The lowest BCUT2D eigenvalue weighted by Gasteiger charge is -2.34. The van der Waals surface area contributed by atoms with Gasteiger partial charge in [0.15, 0.2) is 5.82 Å². The molecule has 1 aliphatic rings. The van der Waals surface area contributed by atoms with E-state index < -0.39 is 5.60 Å². The zero-order valence-electron chi connectivity index (χ0n) is 17.6. The molecule has 4 rings (SSSR count). The van der Waals surface area contributed by atoms with E-state index in [0.717, 1.165) is 12.8 Å². The number of carbonyl (C=O) groups excluding carboxylic acids is 1. The molecule has 31 heavy (non-hydrogen) atoms. The van der Waals surface area contributed by atoms with Gasteiger partial charge in [0.1, 0.15) is 33.6 Å². The molecule has 1 saturated heterocycles. The number of fused-ring (bicyclic) bond motifs is 1. The normalized spacial score (nSPS) is 17.1. The lowest BCUT2D eigenvalue weighted by molar-refractivity contribution is 0.0206. The Bertz CT molecular complexity index is 1110. The molecule has 0 spiro atoms. The summed E-state index contributed by atoms with van der Waals surface area (Å²) >= 11 is 6.33. The first-order valence-corrected chi connectivity index (χ1v) is 10.5. The topological polar surface area (TPSA) is 84.6 Å². The molecule has 0 radical (unpaired) electrons. The van der Waals surface area contributed by atoms with Crippen molar-refractivity contribution in [2.24, 2.45) is 0 Å². The molecule has 1 atom stereocenters. The van der Waals surface area contributed by atoms with E-state index in [0.29, 0.717) is 41.1 Å². The molecule has 1 aliphatic heterocycles. The first-order valence-electron chi connectivity index (χ1n) is 10.1. The Labute approximate surface area is 184 Å². The van der Waals surface area contributed by atoms with E-state index >= 15 is 0 Å². The number of amides is 1. The number of rotatable bonds is 3. The van der Waals surface area contributed by atoms with Crippen LogP contribution < -0.4 is 5.32 Å². The van der Waals surface area contributed by atoms with Crippen LogP contribution in [0.1, 0.15) is 33.6 Å². The van der Waals surface area contributed by atoms with Crippen LogP contribution in [0.25, 0.3) is 17.2 Å². The molecule has 8 nitrogen and oxygen atoms in total. The molecular formula is C21H24ClFN6O2. The minimum Gasteiger partial charge on any atom is -0.444 e. The van der Waals surface area contributed by atoms with Gasteiger partial charge >= 0.3 is 6.09 Å². The van der Waals surface area contributed by atoms with Gasteiger partial charge in [0.25, 0.3) is 0 Å². The van der Waals surface area contributed by atoms with Crippen LogP contribution in [0.4, 0.5) is 15.0 Å². The van der Waals surface area contributed by atoms with Gasteiger partial charge < -0.3 is 15.0 Å². The molecule has 0 aromatic carbocycles. The maximum absolute atomic E-state index is 13.7. The minimum absolute atomic E-state index is 0.0406. The maximum Gasteiger partial charge on any atom is 0.410 e. The van der Waals surface area contributed by atoms with Crippen LogP contribution in [0, 0.1) is 5.82 Å². The van der Waals surface area contributed by atoms with Gasteiger partial charge in [-0.2, -0.15) is 0 Å². The summed E-state index contributed by atoms with van der Waals surface area (Å²) in [4.78, 5) is 27.2. The third kappa shape index (κ3) is 4.87. The molecule has 3 aromatic heterocycles. The molecule has 3 aromatic rings. The van der Waals surface area contributed by atoms with Crippen molar-refractivity contribution >= 4 is 29.2 Å². The monoisotopic (exact) mass is 446 g/mol. The summed E-state index contributed by atoms with van der Waals surface area (Å²) < 4.78 is 20.8. The number of piperidine rings is 1. The molecule has 0 unspecified atom stereocenters. The highest BCUT2D eigenvalue weighted by Gasteiger charge is 2.28.